The van der Waals surface area contributed by atoms with E-state index in [9.17, 15) is 9.67 Å². The van der Waals surface area contributed by atoms with Gasteiger partial charge in [-0.25, -0.2) is 0 Å². The summed E-state index contributed by atoms with van der Waals surface area (Å²) in [6.07, 6.45) is 0.487. The van der Waals surface area contributed by atoms with Crippen LogP contribution in [0.25, 0.3) is 0 Å². The summed E-state index contributed by atoms with van der Waals surface area (Å²) in [6.45, 7) is 5.08. The molecule has 1 rings (SSSR count). The Bertz CT molecular complexity index is 338. The third kappa shape index (κ3) is 1.92. The van der Waals surface area contributed by atoms with Crippen LogP contribution < -0.4 is 5.30 Å². The summed E-state index contributed by atoms with van der Waals surface area (Å²) in [5.41, 5.74) is 0. The lowest BCUT2D eigenvalue weighted by Crippen LogP contribution is -2.27. The molecule has 0 radical (unpaired) electrons. The molecule has 0 saturated heterocycles. The molecular weight excluding hydrogens is 195 g/mol. The van der Waals surface area contributed by atoms with Gasteiger partial charge in [-0.1, -0.05) is 37.3 Å². The Morgan fingerprint density at radius 1 is 1.29 bits per heavy atom. The summed E-state index contributed by atoms with van der Waals surface area (Å²) >= 11 is 0. The average Bonchev–Trinajstić information content (AvgIpc) is 2.16. The highest BCUT2D eigenvalue weighted by Crippen LogP contribution is 2.54. The molecule has 0 unspecified atom stereocenters. The van der Waals surface area contributed by atoms with Crippen molar-refractivity contribution in [3.05, 3.63) is 30.3 Å². The van der Waals surface area contributed by atoms with Crippen LogP contribution in [0.3, 0.4) is 0 Å². The molecule has 0 bridgehead atoms. The molecule has 3 heteroatoms. The van der Waals surface area contributed by atoms with E-state index in [1.54, 1.807) is 13.8 Å². The maximum atomic E-state index is 12.6. The second-order valence-corrected chi connectivity index (χ2v) is 7.61. The fraction of sp³-hybridized carbons (Fsp3) is 0.455. The van der Waals surface area contributed by atoms with Gasteiger partial charge in [0.15, 0.2) is 0 Å². The van der Waals surface area contributed by atoms with Crippen molar-refractivity contribution in [1.29, 1.82) is 0 Å². The van der Waals surface area contributed by atoms with E-state index in [1.165, 1.54) is 0 Å². The predicted molar refractivity (Wildman–Crippen MR) is 60.5 cm³/mol. The van der Waals surface area contributed by atoms with E-state index in [2.05, 4.69) is 0 Å². The fourth-order valence-corrected chi connectivity index (χ4v) is 3.98. The zero-order valence-corrected chi connectivity index (χ0v) is 9.79. The van der Waals surface area contributed by atoms with Gasteiger partial charge < -0.3 is 9.67 Å². The quantitative estimate of drug-likeness (QED) is 0.781. The van der Waals surface area contributed by atoms with Gasteiger partial charge in [-0.3, -0.25) is 0 Å². The Morgan fingerprint density at radius 3 is 2.14 bits per heavy atom. The van der Waals surface area contributed by atoms with Crippen LogP contribution in [0.15, 0.2) is 30.3 Å². The van der Waals surface area contributed by atoms with Crippen LogP contribution in [0, 0.1) is 0 Å². The Labute approximate surface area is 85.3 Å². The van der Waals surface area contributed by atoms with Crippen LogP contribution in [-0.4, -0.2) is 16.6 Å². The van der Waals surface area contributed by atoms with Crippen molar-refractivity contribution in [2.75, 3.05) is 6.16 Å². The average molecular weight is 212 g/mol. The normalized spacial score (nSPS) is 16.3. The molecule has 0 aromatic heterocycles. The zero-order valence-electron chi connectivity index (χ0n) is 8.90. The molecule has 0 aliphatic rings. The Hall–Kier alpha value is -0.590. The summed E-state index contributed by atoms with van der Waals surface area (Å²) in [7, 11) is -2.68. The van der Waals surface area contributed by atoms with Crippen molar-refractivity contribution >= 4 is 12.4 Å². The van der Waals surface area contributed by atoms with Gasteiger partial charge in [0.25, 0.3) is 0 Å². The van der Waals surface area contributed by atoms with Crippen molar-refractivity contribution in [2.24, 2.45) is 0 Å². The Kier molecular flexibility index (Phi) is 3.18. The van der Waals surface area contributed by atoms with E-state index in [0.717, 1.165) is 5.30 Å². The van der Waals surface area contributed by atoms with Crippen LogP contribution in [0.5, 0.6) is 0 Å². The molecule has 0 amide bonds. The topological polar surface area (TPSA) is 37.3 Å². The third-order valence-electron chi connectivity index (χ3n) is 2.50. The van der Waals surface area contributed by atoms with E-state index in [1.807, 2.05) is 37.3 Å². The highest BCUT2D eigenvalue weighted by atomic mass is 31.2. The van der Waals surface area contributed by atoms with E-state index in [-0.39, 0.29) is 0 Å². The monoisotopic (exact) mass is 212 g/mol. The number of aliphatic hydroxyl groups is 1. The molecule has 1 atom stereocenters. The van der Waals surface area contributed by atoms with E-state index in [0.29, 0.717) is 6.16 Å². The first-order valence-corrected chi connectivity index (χ1v) is 6.68. The molecule has 78 valence electrons. The zero-order chi connectivity index (χ0) is 10.8. The lowest BCUT2D eigenvalue weighted by atomic mass is 10.4. The van der Waals surface area contributed by atoms with Gasteiger partial charge in [0.2, 0.25) is 0 Å². The van der Waals surface area contributed by atoms with Crippen LogP contribution >= 0.6 is 7.14 Å². The number of benzene rings is 1. The fourth-order valence-electron chi connectivity index (χ4n) is 1.55. The molecule has 0 spiro atoms. The second kappa shape index (κ2) is 3.88. The van der Waals surface area contributed by atoms with Gasteiger partial charge in [0.1, 0.15) is 12.5 Å². The highest BCUT2D eigenvalue weighted by Gasteiger charge is 2.38. The third-order valence-corrected chi connectivity index (χ3v) is 6.29. The van der Waals surface area contributed by atoms with Crippen LogP contribution in [0.1, 0.15) is 20.8 Å². The maximum Gasteiger partial charge on any atom is 0.144 e. The smallest absolute Gasteiger partial charge is 0.144 e. The molecular formula is C11H17O2P. The number of hydrogen-bond donors (Lipinski definition) is 1. The van der Waals surface area contributed by atoms with Gasteiger partial charge in [0, 0.05) is 11.5 Å². The molecule has 14 heavy (non-hydrogen) atoms. The van der Waals surface area contributed by atoms with Gasteiger partial charge in [0.05, 0.1) is 0 Å². The summed E-state index contributed by atoms with van der Waals surface area (Å²) in [5, 5.41) is 9.55. The molecule has 0 heterocycles. The minimum atomic E-state index is -2.68. The maximum absolute atomic E-state index is 12.6. The van der Waals surface area contributed by atoms with Crippen molar-refractivity contribution in [3.63, 3.8) is 0 Å². The molecule has 2 nitrogen and oxygen atoms in total. The van der Waals surface area contributed by atoms with Gasteiger partial charge in [-0.15, -0.1) is 0 Å². The SMILES string of the molecule is CC[P@@](=O)(c1ccccc1)C(C)(C)O. The second-order valence-electron chi connectivity index (χ2n) is 3.89. The van der Waals surface area contributed by atoms with Crippen molar-refractivity contribution in [3.8, 4) is 0 Å². The Balaban J connectivity index is 3.23. The summed E-state index contributed by atoms with van der Waals surface area (Å²) in [5.74, 6) is 0. The lowest BCUT2D eigenvalue weighted by Gasteiger charge is -2.29. The van der Waals surface area contributed by atoms with Gasteiger partial charge >= 0.3 is 0 Å². The predicted octanol–water partition coefficient (Wildman–Crippen LogP) is 2.42. The van der Waals surface area contributed by atoms with Crippen LogP contribution in [0.4, 0.5) is 0 Å². The molecule has 1 N–H and O–H groups in total. The largest absolute Gasteiger partial charge is 0.382 e. The summed E-state index contributed by atoms with van der Waals surface area (Å²) in [6, 6.07) is 9.23. The minimum absolute atomic E-state index is 0.487. The van der Waals surface area contributed by atoms with Crippen molar-refractivity contribution in [1.82, 2.24) is 0 Å². The van der Waals surface area contributed by atoms with Gasteiger partial charge in [-0.2, -0.15) is 0 Å². The van der Waals surface area contributed by atoms with E-state index >= 15 is 0 Å². The number of rotatable bonds is 3. The highest BCUT2D eigenvalue weighted by molar-refractivity contribution is 7.72. The molecule has 0 fully saturated rings. The van der Waals surface area contributed by atoms with E-state index in [4.69, 9.17) is 0 Å². The van der Waals surface area contributed by atoms with Crippen molar-refractivity contribution in [2.45, 2.75) is 26.1 Å². The number of hydrogen-bond acceptors (Lipinski definition) is 2. The van der Waals surface area contributed by atoms with Crippen molar-refractivity contribution < 1.29 is 9.67 Å². The first-order chi connectivity index (χ1) is 6.42. The molecule has 1 aromatic rings. The standard InChI is InChI=1S/C11H17O2P/c1-4-14(13,11(2,3)12)10-8-6-5-7-9-10/h5-9,12H,4H2,1-3H3/t14-/m1/s1. The molecule has 0 aliphatic heterocycles. The molecule has 0 saturated carbocycles. The first-order valence-electron chi connectivity index (χ1n) is 4.79. The first kappa shape index (κ1) is 11.5. The summed E-state index contributed by atoms with van der Waals surface area (Å²) < 4.78 is 12.6. The van der Waals surface area contributed by atoms with Crippen LogP contribution in [0.2, 0.25) is 0 Å². The molecule has 1 aromatic carbocycles. The minimum Gasteiger partial charge on any atom is -0.382 e. The van der Waals surface area contributed by atoms with Crippen LogP contribution in [-0.2, 0) is 4.57 Å². The van der Waals surface area contributed by atoms with Gasteiger partial charge in [-0.05, 0) is 13.8 Å². The molecule has 0 aliphatic carbocycles. The summed E-state index contributed by atoms with van der Waals surface area (Å²) in [4.78, 5) is 0. The lowest BCUT2D eigenvalue weighted by molar-refractivity contribution is 0.164. The van der Waals surface area contributed by atoms with E-state index < -0.39 is 12.5 Å². The Morgan fingerprint density at radius 2 is 1.79 bits per heavy atom.